The maximum Gasteiger partial charge on any atom is 0.254 e. The van der Waals surface area contributed by atoms with Crippen LogP contribution in [0.5, 0.6) is 0 Å². The van der Waals surface area contributed by atoms with Gasteiger partial charge in [-0.3, -0.25) is 4.79 Å². The third kappa shape index (κ3) is 2.70. The average molecular weight is 306 g/mol. The molecule has 0 aromatic heterocycles. The van der Waals surface area contributed by atoms with E-state index in [0.717, 1.165) is 36.8 Å². The Balaban J connectivity index is 1.94. The van der Waals surface area contributed by atoms with Crippen molar-refractivity contribution in [3.8, 4) is 0 Å². The first-order chi connectivity index (χ1) is 9.88. The van der Waals surface area contributed by atoms with E-state index in [4.69, 9.17) is 11.6 Å². The molecule has 2 heterocycles. The number of carbonyl (C=O) groups is 1. The van der Waals surface area contributed by atoms with Crippen molar-refractivity contribution >= 4 is 17.5 Å². The Morgan fingerprint density at radius 1 is 1.14 bits per heavy atom. The van der Waals surface area contributed by atoms with Crippen molar-refractivity contribution in [1.29, 1.82) is 0 Å². The summed E-state index contributed by atoms with van der Waals surface area (Å²) in [6.07, 6.45) is 4.11. The summed E-state index contributed by atoms with van der Waals surface area (Å²) >= 11 is 6.33. The highest BCUT2D eigenvalue weighted by atomic mass is 35.5. The van der Waals surface area contributed by atoms with Crippen LogP contribution in [0.25, 0.3) is 0 Å². The molecule has 1 aromatic rings. The molecular weight excluding hydrogens is 282 g/mol. The first-order valence-corrected chi connectivity index (χ1v) is 8.38. The van der Waals surface area contributed by atoms with Gasteiger partial charge >= 0.3 is 0 Å². The summed E-state index contributed by atoms with van der Waals surface area (Å²) in [6.45, 7) is 6.50. The number of halogens is 1. The number of piperidine rings is 1. The average Bonchev–Trinajstić information content (AvgIpc) is 2.69. The van der Waals surface area contributed by atoms with Crippen LogP contribution in [-0.2, 0) is 5.41 Å². The molecule has 0 aliphatic carbocycles. The van der Waals surface area contributed by atoms with E-state index in [-0.39, 0.29) is 16.7 Å². The van der Waals surface area contributed by atoms with Crippen LogP contribution >= 0.6 is 11.6 Å². The lowest BCUT2D eigenvalue weighted by Gasteiger charge is -2.38. The van der Waals surface area contributed by atoms with Gasteiger partial charge in [-0.05, 0) is 42.7 Å². The number of hydrogen-bond donors (Lipinski definition) is 0. The highest BCUT2D eigenvalue weighted by molar-refractivity contribution is 6.20. The summed E-state index contributed by atoms with van der Waals surface area (Å²) < 4.78 is 0. The van der Waals surface area contributed by atoms with Crippen LogP contribution in [-0.4, -0.2) is 28.3 Å². The maximum absolute atomic E-state index is 13.1. The van der Waals surface area contributed by atoms with E-state index in [1.807, 2.05) is 18.2 Å². The summed E-state index contributed by atoms with van der Waals surface area (Å²) in [4.78, 5) is 15.2. The van der Waals surface area contributed by atoms with Gasteiger partial charge in [0.2, 0.25) is 0 Å². The first kappa shape index (κ1) is 14.9. The Bertz CT molecular complexity index is 534. The van der Waals surface area contributed by atoms with Crippen molar-refractivity contribution in [1.82, 2.24) is 4.90 Å². The maximum atomic E-state index is 13.1. The predicted molar refractivity (Wildman–Crippen MR) is 87.0 cm³/mol. The summed E-state index contributed by atoms with van der Waals surface area (Å²) in [7, 11) is 0. The van der Waals surface area contributed by atoms with Crippen molar-refractivity contribution in [2.24, 2.45) is 0 Å². The Morgan fingerprint density at radius 2 is 1.71 bits per heavy atom. The van der Waals surface area contributed by atoms with Gasteiger partial charge in [0.1, 0.15) is 0 Å². The quantitative estimate of drug-likeness (QED) is 0.706. The van der Waals surface area contributed by atoms with Crippen LogP contribution in [0.4, 0.5) is 0 Å². The lowest BCUT2D eigenvalue weighted by Crippen LogP contribution is -2.47. The van der Waals surface area contributed by atoms with E-state index in [9.17, 15) is 4.79 Å². The van der Waals surface area contributed by atoms with Crippen LogP contribution in [0.1, 0.15) is 62.4 Å². The lowest BCUT2D eigenvalue weighted by molar-refractivity contribution is 0.0597. The number of hydrogen-bond acceptors (Lipinski definition) is 1. The molecular formula is C18H24ClNO. The highest BCUT2D eigenvalue weighted by Gasteiger charge is 2.43. The van der Waals surface area contributed by atoms with Gasteiger partial charge in [-0.15, -0.1) is 11.6 Å². The second kappa shape index (κ2) is 5.31. The molecule has 2 unspecified atom stereocenters. The van der Waals surface area contributed by atoms with Crippen molar-refractivity contribution < 1.29 is 4.79 Å². The first-order valence-electron chi connectivity index (χ1n) is 7.94. The Morgan fingerprint density at radius 3 is 2.29 bits per heavy atom. The molecule has 2 atom stereocenters. The molecule has 0 saturated carbocycles. The number of benzene rings is 1. The van der Waals surface area contributed by atoms with Gasteiger partial charge in [-0.25, -0.2) is 0 Å². The fraction of sp³-hybridized carbons (Fsp3) is 0.611. The van der Waals surface area contributed by atoms with Crippen molar-refractivity contribution in [3.05, 3.63) is 35.4 Å². The van der Waals surface area contributed by atoms with E-state index >= 15 is 0 Å². The normalized spacial score (nSPS) is 28.8. The summed E-state index contributed by atoms with van der Waals surface area (Å²) in [5, 5.41) is 0.240. The summed E-state index contributed by atoms with van der Waals surface area (Å²) in [5.41, 5.74) is 1.99. The Hall–Kier alpha value is -1.02. The van der Waals surface area contributed by atoms with Crippen LogP contribution in [0, 0.1) is 0 Å². The fourth-order valence-corrected chi connectivity index (χ4v) is 4.32. The molecule has 114 valence electrons. The van der Waals surface area contributed by atoms with E-state index in [0.29, 0.717) is 12.1 Å². The minimum Gasteiger partial charge on any atom is -0.333 e. The molecule has 2 aliphatic heterocycles. The SMILES string of the molecule is CC(C)(C)c1ccccc1C(=O)N1C2CCC1CC(Cl)C2. The lowest BCUT2D eigenvalue weighted by atomic mass is 9.83. The third-order valence-electron chi connectivity index (χ3n) is 4.88. The van der Waals surface area contributed by atoms with Crippen molar-refractivity contribution in [3.63, 3.8) is 0 Å². The van der Waals surface area contributed by atoms with Crippen LogP contribution in [0.2, 0.25) is 0 Å². The molecule has 2 fully saturated rings. The zero-order valence-electron chi connectivity index (χ0n) is 13.1. The largest absolute Gasteiger partial charge is 0.333 e. The smallest absolute Gasteiger partial charge is 0.254 e. The van der Waals surface area contributed by atoms with Crippen LogP contribution in [0.15, 0.2) is 24.3 Å². The van der Waals surface area contributed by atoms with Gasteiger partial charge in [0, 0.05) is 23.0 Å². The molecule has 3 heteroatoms. The van der Waals surface area contributed by atoms with Crippen molar-refractivity contribution in [2.75, 3.05) is 0 Å². The molecule has 2 bridgehead atoms. The summed E-state index contributed by atoms with van der Waals surface area (Å²) in [6, 6.07) is 8.74. The molecule has 3 rings (SSSR count). The minimum atomic E-state index is -0.0178. The zero-order valence-corrected chi connectivity index (χ0v) is 13.9. The number of rotatable bonds is 1. The molecule has 2 aliphatic rings. The number of alkyl halides is 1. The molecule has 0 spiro atoms. The Kier molecular flexibility index (Phi) is 3.77. The van der Waals surface area contributed by atoms with Gasteiger partial charge in [0.25, 0.3) is 5.91 Å². The Labute approximate surface area is 132 Å². The zero-order chi connectivity index (χ0) is 15.2. The standard InChI is InChI=1S/C18H24ClNO/c1-18(2,3)16-7-5-4-6-15(16)17(21)20-13-8-9-14(20)11-12(19)10-13/h4-7,12-14H,8-11H2,1-3H3. The van der Waals surface area contributed by atoms with E-state index in [1.54, 1.807) is 0 Å². The summed E-state index contributed by atoms with van der Waals surface area (Å²) in [5.74, 6) is 0.205. The molecule has 1 amide bonds. The second-order valence-corrected chi connectivity index (χ2v) is 8.08. The topological polar surface area (TPSA) is 20.3 Å². The van der Waals surface area contributed by atoms with E-state index in [2.05, 4.69) is 31.7 Å². The van der Waals surface area contributed by atoms with Crippen LogP contribution < -0.4 is 0 Å². The van der Waals surface area contributed by atoms with Gasteiger partial charge in [0.15, 0.2) is 0 Å². The fourth-order valence-electron chi connectivity index (χ4n) is 3.90. The molecule has 0 N–H and O–H groups in total. The molecule has 0 radical (unpaired) electrons. The molecule has 2 saturated heterocycles. The highest BCUT2D eigenvalue weighted by Crippen LogP contribution is 2.39. The third-order valence-corrected chi connectivity index (χ3v) is 5.23. The van der Waals surface area contributed by atoms with Gasteiger partial charge in [0.05, 0.1) is 0 Å². The number of fused-ring (bicyclic) bond motifs is 2. The molecule has 1 aromatic carbocycles. The minimum absolute atomic E-state index is 0.0178. The number of nitrogens with zero attached hydrogens (tertiary/aromatic N) is 1. The van der Waals surface area contributed by atoms with Crippen LogP contribution in [0.3, 0.4) is 0 Å². The van der Waals surface area contributed by atoms with E-state index < -0.39 is 0 Å². The second-order valence-electron chi connectivity index (χ2n) is 7.46. The van der Waals surface area contributed by atoms with E-state index in [1.165, 1.54) is 0 Å². The van der Waals surface area contributed by atoms with Gasteiger partial charge in [-0.1, -0.05) is 39.0 Å². The van der Waals surface area contributed by atoms with Gasteiger partial charge in [-0.2, -0.15) is 0 Å². The molecule has 2 nitrogen and oxygen atoms in total. The number of amides is 1. The van der Waals surface area contributed by atoms with Crippen molar-refractivity contribution in [2.45, 2.75) is 69.3 Å². The predicted octanol–water partition coefficient (Wildman–Crippen LogP) is 4.36. The molecule has 21 heavy (non-hydrogen) atoms. The van der Waals surface area contributed by atoms with Gasteiger partial charge < -0.3 is 4.90 Å². The number of carbonyl (C=O) groups excluding carboxylic acids is 1. The monoisotopic (exact) mass is 305 g/mol.